The Hall–Kier alpha value is -4.12. The zero-order valence-corrected chi connectivity index (χ0v) is 17.2. The summed E-state index contributed by atoms with van der Waals surface area (Å²) < 4.78 is 0. The van der Waals surface area contributed by atoms with Crippen molar-refractivity contribution in [2.45, 2.75) is 13.5 Å². The average molecular weight is 403 g/mol. The van der Waals surface area contributed by atoms with Gasteiger partial charge in [-0.1, -0.05) is 42.5 Å². The van der Waals surface area contributed by atoms with Gasteiger partial charge in [-0.15, -0.1) is 0 Å². The molecule has 1 N–H and O–H groups in total. The lowest BCUT2D eigenvalue weighted by atomic mass is 10.0. The molecule has 0 radical (unpaired) electrons. The van der Waals surface area contributed by atoms with E-state index in [9.17, 15) is 0 Å². The fourth-order valence-electron chi connectivity index (χ4n) is 3.59. The van der Waals surface area contributed by atoms with E-state index in [1.54, 1.807) is 6.33 Å². The Kier molecular flexibility index (Phi) is 5.07. The molecule has 150 valence electrons. The van der Waals surface area contributed by atoms with E-state index in [4.69, 9.17) is 0 Å². The molecule has 0 fully saturated rings. The van der Waals surface area contributed by atoms with Crippen LogP contribution in [0.5, 0.6) is 0 Å². The predicted octanol–water partition coefficient (Wildman–Crippen LogP) is 5.67. The Labute approximate surface area is 180 Å². The minimum absolute atomic E-state index is 0.631. The number of anilines is 1. The van der Waals surface area contributed by atoms with Crippen LogP contribution < -0.4 is 5.32 Å². The predicted molar refractivity (Wildman–Crippen MR) is 125 cm³/mol. The number of pyridine rings is 2. The normalized spacial score (nSPS) is 10.9. The summed E-state index contributed by atoms with van der Waals surface area (Å²) in [6.07, 6.45) is 7.17. The van der Waals surface area contributed by atoms with Gasteiger partial charge in [0.25, 0.3) is 0 Å². The summed E-state index contributed by atoms with van der Waals surface area (Å²) >= 11 is 0. The largest absolute Gasteiger partial charge is 0.365 e. The maximum Gasteiger partial charge on any atom is 0.137 e. The van der Waals surface area contributed by atoms with Gasteiger partial charge in [0.1, 0.15) is 12.1 Å². The highest BCUT2D eigenvalue weighted by Gasteiger charge is 2.07. The van der Waals surface area contributed by atoms with E-state index < -0.39 is 0 Å². The Morgan fingerprint density at radius 1 is 0.742 bits per heavy atom. The Bertz CT molecular complexity index is 1330. The summed E-state index contributed by atoms with van der Waals surface area (Å²) in [4.78, 5) is 17.8. The van der Waals surface area contributed by atoms with Crippen LogP contribution >= 0.6 is 0 Å². The zero-order chi connectivity index (χ0) is 21.0. The van der Waals surface area contributed by atoms with Gasteiger partial charge >= 0.3 is 0 Å². The molecule has 5 nitrogen and oxygen atoms in total. The van der Waals surface area contributed by atoms with Gasteiger partial charge in [0.05, 0.1) is 11.2 Å². The molecule has 2 aromatic carbocycles. The molecule has 0 aliphatic heterocycles. The van der Waals surface area contributed by atoms with Crippen molar-refractivity contribution in [3.63, 3.8) is 0 Å². The highest BCUT2D eigenvalue weighted by Crippen LogP contribution is 2.26. The van der Waals surface area contributed by atoms with Crippen LogP contribution in [-0.2, 0) is 6.54 Å². The summed E-state index contributed by atoms with van der Waals surface area (Å²) in [6.45, 7) is 2.66. The van der Waals surface area contributed by atoms with Crippen molar-refractivity contribution >= 4 is 16.7 Å². The number of rotatable bonds is 5. The van der Waals surface area contributed by atoms with Gasteiger partial charge in [-0.25, -0.2) is 9.97 Å². The fourth-order valence-corrected chi connectivity index (χ4v) is 3.59. The molecule has 3 heterocycles. The van der Waals surface area contributed by atoms with E-state index in [2.05, 4.69) is 67.7 Å². The van der Waals surface area contributed by atoms with E-state index >= 15 is 0 Å². The van der Waals surface area contributed by atoms with Gasteiger partial charge < -0.3 is 5.32 Å². The van der Waals surface area contributed by atoms with Gasteiger partial charge in [-0.3, -0.25) is 9.97 Å². The van der Waals surface area contributed by atoms with E-state index in [0.29, 0.717) is 6.54 Å². The van der Waals surface area contributed by atoms with E-state index in [1.165, 1.54) is 5.56 Å². The van der Waals surface area contributed by atoms with Crippen LogP contribution in [0.15, 0.2) is 91.6 Å². The first kappa shape index (κ1) is 18.9. The third kappa shape index (κ3) is 4.12. The van der Waals surface area contributed by atoms with Gasteiger partial charge in [-0.05, 0) is 53.4 Å². The van der Waals surface area contributed by atoms with Crippen molar-refractivity contribution in [1.82, 2.24) is 19.9 Å². The number of aromatic nitrogens is 4. The Balaban J connectivity index is 1.35. The molecule has 0 unspecified atom stereocenters. The highest BCUT2D eigenvalue weighted by atomic mass is 15.0. The molecule has 0 saturated heterocycles. The first-order chi connectivity index (χ1) is 15.3. The summed E-state index contributed by atoms with van der Waals surface area (Å²) in [5.41, 5.74) is 7.37. The average Bonchev–Trinajstić information content (AvgIpc) is 2.83. The lowest BCUT2D eigenvalue weighted by molar-refractivity contribution is 1.08. The molecule has 31 heavy (non-hydrogen) atoms. The van der Waals surface area contributed by atoms with Crippen molar-refractivity contribution in [3.05, 3.63) is 103 Å². The van der Waals surface area contributed by atoms with Crippen LogP contribution in [0.25, 0.3) is 33.3 Å². The number of fused-ring (bicyclic) bond motifs is 1. The first-order valence-corrected chi connectivity index (χ1v) is 10.2. The minimum Gasteiger partial charge on any atom is -0.365 e. The molecule has 0 spiro atoms. The standard InChI is InChI=1S/C26H21N5/c1-18-11-22(16-27-13-18)24-10-7-19(14-28-24)15-29-26-23-9-8-21(12-25(23)30-17-31-26)20-5-3-2-4-6-20/h2-14,16-17H,15H2,1H3,(H,29,30,31). The van der Waals surface area contributed by atoms with Crippen molar-refractivity contribution in [1.29, 1.82) is 0 Å². The molecular weight excluding hydrogens is 382 g/mol. The molecule has 5 aromatic rings. The lowest BCUT2D eigenvalue weighted by Gasteiger charge is -2.10. The number of nitrogens with one attached hydrogen (secondary N) is 1. The molecule has 5 rings (SSSR count). The monoisotopic (exact) mass is 403 g/mol. The maximum absolute atomic E-state index is 4.60. The quantitative estimate of drug-likeness (QED) is 0.409. The van der Waals surface area contributed by atoms with Crippen LogP contribution in [0.1, 0.15) is 11.1 Å². The fraction of sp³-hybridized carbons (Fsp3) is 0.0769. The van der Waals surface area contributed by atoms with Gasteiger partial charge in [0.2, 0.25) is 0 Å². The van der Waals surface area contributed by atoms with Crippen LogP contribution in [0, 0.1) is 6.92 Å². The number of benzene rings is 2. The van der Waals surface area contributed by atoms with Crippen LogP contribution in [0.2, 0.25) is 0 Å². The Morgan fingerprint density at radius 2 is 1.65 bits per heavy atom. The lowest BCUT2D eigenvalue weighted by Crippen LogP contribution is -2.03. The smallest absolute Gasteiger partial charge is 0.137 e. The molecule has 5 heteroatoms. The van der Waals surface area contributed by atoms with E-state index in [0.717, 1.165) is 44.7 Å². The number of hydrogen-bond acceptors (Lipinski definition) is 5. The molecular formula is C26H21N5. The molecule has 0 aliphatic rings. The number of hydrogen-bond donors (Lipinski definition) is 1. The molecule has 0 atom stereocenters. The van der Waals surface area contributed by atoms with Gasteiger partial charge in [-0.2, -0.15) is 0 Å². The third-order valence-corrected chi connectivity index (χ3v) is 5.20. The molecule has 0 aliphatic carbocycles. The van der Waals surface area contributed by atoms with Crippen molar-refractivity contribution in [3.8, 4) is 22.4 Å². The van der Waals surface area contributed by atoms with Crippen molar-refractivity contribution in [2.24, 2.45) is 0 Å². The SMILES string of the molecule is Cc1cncc(-c2ccc(CNc3ncnc4cc(-c5ccccc5)ccc34)cn2)c1. The first-order valence-electron chi connectivity index (χ1n) is 10.2. The van der Waals surface area contributed by atoms with Crippen LogP contribution in [-0.4, -0.2) is 19.9 Å². The Morgan fingerprint density at radius 3 is 2.45 bits per heavy atom. The topological polar surface area (TPSA) is 63.6 Å². The van der Waals surface area contributed by atoms with Crippen molar-refractivity contribution in [2.75, 3.05) is 5.32 Å². The molecule has 0 amide bonds. The minimum atomic E-state index is 0.631. The summed E-state index contributed by atoms with van der Waals surface area (Å²) in [5, 5.41) is 4.43. The van der Waals surface area contributed by atoms with Crippen LogP contribution in [0.3, 0.4) is 0 Å². The molecule has 0 saturated carbocycles. The second-order valence-corrected chi connectivity index (χ2v) is 7.48. The van der Waals surface area contributed by atoms with E-state index in [1.807, 2.05) is 49.8 Å². The van der Waals surface area contributed by atoms with Gasteiger partial charge in [0.15, 0.2) is 0 Å². The highest BCUT2D eigenvalue weighted by molar-refractivity contribution is 5.91. The maximum atomic E-state index is 4.60. The second kappa shape index (κ2) is 8.32. The second-order valence-electron chi connectivity index (χ2n) is 7.48. The number of nitrogens with zero attached hydrogens (tertiary/aromatic N) is 4. The summed E-state index contributed by atoms with van der Waals surface area (Å²) in [7, 11) is 0. The summed E-state index contributed by atoms with van der Waals surface area (Å²) in [6, 6.07) is 22.8. The molecule has 3 aromatic heterocycles. The van der Waals surface area contributed by atoms with E-state index in [-0.39, 0.29) is 0 Å². The van der Waals surface area contributed by atoms with Crippen molar-refractivity contribution < 1.29 is 0 Å². The summed E-state index contributed by atoms with van der Waals surface area (Å²) in [5.74, 6) is 0.816. The van der Waals surface area contributed by atoms with Gasteiger partial charge in [0, 0.05) is 36.1 Å². The number of aryl methyl sites for hydroxylation is 1. The molecule has 0 bridgehead atoms. The zero-order valence-electron chi connectivity index (χ0n) is 17.2. The van der Waals surface area contributed by atoms with Crippen LogP contribution in [0.4, 0.5) is 5.82 Å². The third-order valence-electron chi connectivity index (χ3n) is 5.20.